The highest BCUT2D eigenvalue weighted by atomic mass is 19.4. The van der Waals surface area contributed by atoms with Crippen molar-refractivity contribution in [3.63, 3.8) is 0 Å². The van der Waals surface area contributed by atoms with Crippen LogP contribution in [0.25, 0.3) is 22.0 Å². The summed E-state index contributed by atoms with van der Waals surface area (Å²) in [5, 5.41) is 4.31. The summed E-state index contributed by atoms with van der Waals surface area (Å²) < 4.78 is 42.2. The van der Waals surface area contributed by atoms with Crippen molar-refractivity contribution >= 4 is 16.8 Å². The molecule has 0 bridgehead atoms. The Labute approximate surface area is 227 Å². The number of fused-ring (bicyclic) bond motifs is 1. The van der Waals surface area contributed by atoms with Crippen LogP contribution >= 0.6 is 0 Å². The molecular formula is C32H34F3N3O. The zero-order valence-corrected chi connectivity index (χ0v) is 22.2. The minimum atomic E-state index is -4.43. The number of carbonyl (C=O) groups is 1. The van der Waals surface area contributed by atoms with E-state index in [1.165, 1.54) is 28.6 Å². The van der Waals surface area contributed by atoms with Gasteiger partial charge in [0.2, 0.25) is 0 Å². The zero-order chi connectivity index (χ0) is 27.4. The number of rotatable bonds is 8. The third kappa shape index (κ3) is 6.19. The minimum Gasteiger partial charge on any atom is -0.352 e. The summed E-state index contributed by atoms with van der Waals surface area (Å²) in [6, 6.07) is 20.4. The van der Waals surface area contributed by atoms with Crippen molar-refractivity contribution in [1.29, 1.82) is 0 Å². The van der Waals surface area contributed by atoms with Crippen LogP contribution < -0.4 is 5.32 Å². The molecule has 1 aromatic heterocycles. The normalized spacial score (nSPS) is 15.1. The second-order valence-electron chi connectivity index (χ2n) is 10.4. The number of hydrogen-bond acceptors (Lipinski definition) is 2. The van der Waals surface area contributed by atoms with E-state index in [0.29, 0.717) is 23.6 Å². The number of likely N-dealkylation sites (tertiary alicyclic amines) is 1. The van der Waals surface area contributed by atoms with Gasteiger partial charge in [-0.2, -0.15) is 13.2 Å². The molecule has 1 saturated heterocycles. The third-order valence-electron chi connectivity index (χ3n) is 7.83. The van der Waals surface area contributed by atoms with Crippen molar-refractivity contribution in [2.75, 3.05) is 26.2 Å². The van der Waals surface area contributed by atoms with E-state index in [-0.39, 0.29) is 11.5 Å². The number of unbranched alkanes of at least 4 members (excludes halogenated alkanes) is 1. The molecule has 1 aliphatic rings. The second-order valence-corrected chi connectivity index (χ2v) is 10.4. The lowest BCUT2D eigenvalue weighted by Crippen LogP contribution is -2.34. The Morgan fingerprint density at radius 2 is 1.62 bits per heavy atom. The number of aromatic nitrogens is 1. The van der Waals surface area contributed by atoms with Gasteiger partial charge in [0.05, 0.1) is 5.56 Å². The van der Waals surface area contributed by atoms with Crippen LogP contribution in [0, 0.1) is 0 Å². The Balaban J connectivity index is 1.04. The number of aryl methyl sites for hydroxylation is 1. The van der Waals surface area contributed by atoms with Gasteiger partial charge in [-0.15, -0.1) is 0 Å². The molecule has 5 rings (SSSR count). The van der Waals surface area contributed by atoms with Crippen molar-refractivity contribution in [2.24, 2.45) is 7.05 Å². The van der Waals surface area contributed by atoms with Gasteiger partial charge in [0.15, 0.2) is 0 Å². The van der Waals surface area contributed by atoms with E-state index in [9.17, 15) is 18.0 Å². The number of halogens is 3. The molecule has 0 atom stereocenters. The van der Waals surface area contributed by atoms with Crippen LogP contribution in [0.4, 0.5) is 13.2 Å². The van der Waals surface area contributed by atoms with Crippen LogP contribution in [0.5, 0.6) is 0 Å². The monoisotopic (exact) mass is 533 g/mol. The number of alkyl halides is 3. The molecule has 0 radical (unpaired) electrons. The number of hydrogen-bond donors (Lipinski definition) is 1. The SMILES string of the molecule is Cn1cc(C2CCN(CCCCNC(=O)c3ccc(-c4ccccc4C(F)(F)F)cc3)CC2)c2ccccc21. The van der Waals surface area contributed by atoms with E-state index < -0.39 is 11.7 Å². The molecule has 1 amide bonds. The fourth-order valence-corrected chi connectivity index (χ4v) is 5.71. The molecule has 4 nitrogen and oxygen atoms in total. The molecule has 39 heavy (non-hydrogen) atoms. The molecular weight excluding hydrogens is 499 g/mol. The molecule has 2 heterocycles. The Hall–Kier alpha value is -3.58. The maximum Gasteiger partial charge on any atom is 0.417 e. The van der Waals surface area contributed by atoms with Gasteiger partial charge in [0.1, 0.15) is 0 Å². The second kappa shape index (κ2) is 11.7. The van der Waals surface area contributed by atoms with E-state index in [1.807, 2.05) is 0 Å². The summed E-state index contributed by atoms with van der Waals surface area (Å²) >= 11 is 0. The number of carbonyl (C=O) groups excluding carboxylic acids is 1. The first-order chi connectivity index (χ1) is 18.8. The van der Waals surface area contributed by atoms with Gasteiger partial charge in [-0.25, -0.2) is 0 Å². The molecule has 7 heteroatoms. The predicted octanol–water partition coefficient (Wildman–Crippen LogP) is 7.25. The standard InChI is InChI=1S/C32H34F3N3O/c1-37-22-28(27-9-3-5-11-30(27)37)24-16-20-38(21-17-24)19-7-6-18-36-31(39)25-14-12-23(13-15-25)26-8-2-4-10-29(26)32(33,34)35/h2-5,8-15,22,24H,6-7,16-21H2,1H3,(H,36,39). The van der Waals surface area contributed by atoms with E-state index in [1.54, 1.807) is 30.3 Å². The highest BCUT2D eigenvalue weighted by Gasteiger charge is 2.33. The number of nitrogens with zero attached hydrogens (tertiary/aromatic N) is 2. The van der Waals surface area contributed by atoms with Crippen LogP contribution in [0.2, 0.25) is 0 Å². The molecule has 0 spiro atoms. The van der Waals surface area contributed by atoms with E-state index in [4.69, 9.17) is 0 Å². The van der Waals surface area contributed by atoms with Gasteiger partial charge < -0.3 is 14.8 Å². The van der Waals surface area contributed by atoms with E-state index in [0.717, 1.165) is 51.4 Å². The van der Waals surface area contributed by atoms with Crippen LogP contribution in [0.15, 0.2) is 79.0 Å². The van der Waals surface area contributed by atoms with Gasteiger partial charge >= 0.3 is 6.18 Å². The molecule has 0 saturated carbocycles. The van der Waals surface area contributed by atoms with E-state index >= 15 is 0 Å². The molecule has 0 unspecified atom stereocenters. The van der Waals surface area contributed by atoms with Crippen LogP contribution in [-0.4, -0.2) is 41.6 Å². The number of nitrogens with one attached hydrogen (secondary N) is 1. The highest BCUT2D eigenvalue weighted by Crippen LogP contribution is 2.37. The van der Waals surface area contributed by atoms with Crippen molar-refractivity contribution in [2.45, 2.75) is 37.8 Å². The summed E-state index contributed by atoms with van der Waals surface area (Å²) in [5.41, 5.74) is 3.06. The van der Waals surface area contributed by atoms with Crippen molar-refractivity contribution in [3.8, 4) is 11.1 Å². The van der Waals surface area contributed by atoms with Crippen molar-refractivity contribution in [3.05, 3.63) is 95.7 Å². The maximum atomic E-state index is 13.3. The summed E-state index contributed by atoms with van der Waals surface area (Å²) in [7, 11) is 2.12. The minimum absolute atomic E-state index is 0.109. The Morgan fingerprint density at radius 3 is 2.36 bits per heavy atom. The lowest BCUT2D eigenvalue weighted by molar-refractivity contribution is -0.137. The average molecular weight is 534 g/mol. The largest absolute Gasteiger partial charge is 0.417 e. The third-order valence-corrected chi connectivity index (χ3v) is 7.83. The first-order valence-electron chi connectivity index (χ1n) is 13.6. The maximum absolute atomic E-state index is 13.3. The molecule has 1 N–H and O–H groups in total. The van der Waals surface area contributed by atoms with Crippen LogP contribution in [-0.2, 0) is 13.2 Å². The Morgan fingerprint density at radius 1 is 0.923 bits per heavy atom. The fraction of sp³-hybridized carbons (Fsp3) is 0.344. The first-order valence-corrected chi connectivity index (χ1v) is 13.6. The molecule has 204 valence electrons. The van der Waals surface area contributed by atoms with Crippen molar-refractivity contribution < 1.29 is 18.0 Å². The van der Waals surface area contributed by atoms with Gasteiger partial charge in [-0.1, -0.05) is 48.5 Å². The lowest BCUT2D eigenvalue weighted by Gasteiger charge is -2.32. The number of para-hydroxylation sites is 1. The molecule has 4 aromatic rings. The zero-order valence-electron chi connectivity index (χ0n) is 22.2. The highest BCUT2D eigenvalue weighted by molar-refractivity contribution is 5.94. The molecule has 0 aliphatic carbocycles. The molecule has 1 fully saturated rings. The number of piperidine rings is 1. The number of amides is 1. The lowest BCUT2D eigenvalue weighted by atomic mass is 9.89. The Kier molecular flexibility index (Phi) is 8.07. The molecule has 1 aliphatic heterocycles. The van der Waals surface area contributed by atoms with Crippen LogP contribution in [0.3, 0.4) is 0 Å². The number of benzene rings is 3. The summed E-state index contributed by atoms with van der Waals surface area (Å²) in [5.74, 6) is 0.390. The quantitative estimate of drug-likeness (QED) is 0.242. The van der Waals surface area contributed by atoms with Gasteiger partial charge in [-0.3, -0.25) is 4.79 Å². The molecule has 3 aromatic carbocycles. The van der Waals surface area contributed by atoms with E-state index in [2.05, 4.69) is 52.3 Å². The van der Waals surface area contributed by atoms with Gasteiger partial charge in [0, 0.05) is 36.3 Å². The average Bonchev–Trinajstić information content (AvgIpc) is 3.29. The summed E-state index contributed by atoms with van der Waals surface area (Å²) in [6.45, 7) is 3.77. The van der Waals surface area contributed by atoms with Gasteiger partial charge in [-0.05, 0) is 92.2 Å². The summed E-state index contributed by atoms with van der Waals surface area (Å²) in [6.07, 6.45) is 2.07. The fourth-order valence-electron chi connectivity index (χ4n) is 5.71. The summed E-state index contributed by atoms with van der Waals surface area (Å²) in [4.78, 5) is 15.1. The first kappa shape index (κ1) is 27.0. The van der Waals surface area contributed by atoms with Gasteiger partial charge in [0.25, 0.3) is 5.91 Å². The Bertz CT molecular complexity index is 1420. The smallest absolute Gasteiger partial charge is 0.352 e. The topological polar surface area (TPSA) is 37.3 Å². The van der Waals surface area contributed by atoms with Crippen molar-refractivity contribution in [1.82, 2.24) is 14.8 Å². The van der Waals surface area contributed by atoms with Crippen LogP contribution in [0.1, 0.15) is 53.1 Å². The predicted molar refractivity (Wildman–Crippen MR) is 150 cm³/mol.